The molecule has 12 nitrogen and oxygen atoms in total. The third kappa shape index (κ3) is 5.24. The molecule has 5 atom stereocenters. The number of nitrogens with zero attached hydrogens (tertiary/aromatic N) is 1. The average molecular weight is 649 g/mol. The minimum Gasteiger partial charge on any atom is -0.504 e. The van der Waals surface area contributed by atoms with Crippen molar-refractivity contribution in [1.29, 1.82) is 0 Å². The fourth-order valence-corrected chi connectivity index (χ4v) is 7.37. The molecule has 15 heteroatoms. The maximum absolute atomic E-state index is 13.0. The fraction of sp³-hybridized carbons (Fsp3) is 0.516. The Balaban J connectivity index is 1.44. The van der Waals surface area contributed by atoms with Gasteiger partial charge in [-0.1, -0.05) is 6.07 Å². The molecule has 1 saturated heterocycles. The topological polar surface area (TPSA) is 148 Å². The number of piperazine rings is 1. The number of phenolic OH excluding ortho intramolecular Hbond substituents is 1. The number of aryl methyl sites for hydroxylation is 1. The largest absolute Gasteiger partial charge is 0.504 e. The van der Waals surface area contributed by atoms with Crippen LogP contribution in [0.2, 0.25) is 0 Å². The molecule has 1 unspecified atom stereocenters. The van der Waals surface area contributed by atoms with E-state index >= 15 is 0 Å². The van der Waals surface area contributed by atoms with Gasteiger partial charge in [0, 0.05) is 54.4 Å². The highest BCUT2D eigenvalue weighted by Gasteiger charge is 2.50. The number of rotatable bonds is 6. The minimum absolute atomic E-state index is 0.0299. The highest BCUT2D eigenvalue weighted by Crippen LogP contribution is 2.55. The lowest BCUT2D eigenvalue weighted by molar-refractivity contribution is -0.174. The number of hydrogen-bond donors (Lipinski definition) is 4. The molecule has 2 amide bonds. The summed E-state index contributed by atoms with van der Waals surface area (Å²) in [6, 6.07) is -0.855. The van der Waals surface area contributed by atoms with Crippen LogP contribution in [0.4, 0.5) is 13.2 Å². The highest BCUT2D eigenvalue weighted by atomic mass is 19.4. The lowest BCUT2D eigenvalue weighted by Crippen LogP contribution is -2.64. The number of carbonyl (C=O) groups is 3. The predicted octanol–water partition coefficient (Wildman–Crippen LogP) is 2.39. The molecule has 0 aliphatic carbocycles. The number of alkyl halides is 3. The molecule has 6 rings (SSSR count). The van der Waals surface area contributed by atoms with Gasteiger partial charge < -0.3 is 40.0 Å². The summed E-state index contributed by atoms with van der Waals surface area (Å²) in [7, 11) is 1.49. The standard InChI is InChI=1S/C31H35F3N4O8/c1-12-6-16-7-17-10-38-19(23(37-17)21(16)24(40)25(12)43-5)8-18-22(28-27(44-11-45-28)13(2)26(18)46-15(4)39)20(38)9-35-29(41)14(3)36-30(42)31(32,33)34/h6,14,17,19-20,23,37,40H,7-11H2,1-5H3,(H,35,41)(H,36,42)/t14-,17-,19?,20-,23-/m0/s1. The molecule has 4 aliphatic heterocycles. The van der Waals surface area contributed by atoms with Gasteiger partial charge in [-0.05, 0) is 44.7 Å². The zero-order chi connectivity index (χ0) is 33.2. The first-order chi connectivity index (χ1) is 21.7. The summed E-state index contributed by atoms with van der Waals surface area (Å²) in [4.78, 5) is 39.0. The van der Waals surface area contributed by atoms with Crippen LogP contribution < -0.4 is 34.9 Å². The first kappa shape index (κ1) is 31.7. The van der Waals surface area contributed by atoms with Crippen molar-refractivity contribution in [3.63, 3.8) is 0 Å². The van der Waals surface area contributed by atoms with Gasteiger partial charge in [-0.25, -0.2) is 0 Å². The van der Waals surface area contributed by atoms with Gasteiger partial charge in [0.1, 0.15) is 11.8 Å². The Labute approximate surface area is 262 Å². The van der Waals surface area contributed by atoms with Crippen molar-refractivity contribution >= 4 is 17.8 Å². The van der Waals surface area contributed by atoms with Crippen LogP contribution in [0.25, 0.3) is 0 Å². The molecular formula is C31H35F3N4O8. The van der Waals surface area contributed by atoms with Gasteiger partial charge in [0.2, 0.25) is 12.7 Å². The van der Waals surface area contributed by atoms with Crippen LogP contribution in [0.3, 0.4) is 0 Å². The lowest BCUT2D eigenvalue weighted by atomic mass is 9.75. The molecular weight excluding hydrogens is 613 g/mol. The van der Waals surface area contributed by atoms with Crippen LogP contribution in [0, 0.1) is 13.8 Å². The summed E-state index contributed by atoms with van der Waals surface area (Å²) >= 11 is 0. The number of amides is 2. The molecule has 248 valence electrons. The SMILES string of the molecule is COc1c(C)cc2c(c1O)[C@H]1N[C@@H](C2)CN2C1Cc1c(OC(C)=O)c(C)c3c(c1[C@@H]2CNC(=O)[C@H](C)NC(=O)C(F)(F)F)OCO3. The monoisotopic (exact) mass is 648 g/mol. The molecule has 0 radical (unpaired) electrons. The van der Waals surface area contributed by atoms with Crippen molar-refractivity contribution in [1.82, 2.24) is 20.9 Å². The number of benzene rings is 2. The van der Waals surface area contributed by atoms with Gasteiger partial charge in [-0.2, -0.15) is 13.2 Å². The maximum Gasteiger partial charge on any atom is 0.471 e. The Hall–Kier alpha value is -4.24. The quantitative estimate of drug-likeness (QED) is 0.272. The van der Waals surface area contributed by atoms with E-state index < -0.39 is 42.1 Å². The number of phenols is 1. The number of methoxy groups -OCH3 is 1. The number of nitrogens with one attached hydrogen (secondary N) is 3. The van der Waals surface area contributed by atoms with E-state index in [9.17, 15) is 32.7 Å². The number of halogens is 3. The van der Waals surface area contributed by atoms with Crippen molar-refractivity contribution in [2.24, 2.45) is 0 Å². The van der Waals surface area contributed by atoms with Crippen LogP contribution >= 0.6 is 0 Å². The minimum atomic E-state index is -5.14. The molecule has 4 aliphatic rings. The van der Waals surface area contributed by atoms with Gasteiger partial charge in [-0.15, -0.1) is 0 Å². The second-order valence-electron chi connectivity index (χ2n) is 12.1. The van der Waals surface area contributed by atoms with E-state index in [-0.39, 0.29) is 31.2 Å². The van der Waals surface area contributed by atoms with Crippen LogP contribution in [-0.4, -0.2) is 79.1 Å². The second kappa shape index (κ2) is 11.5. The van der Waals surface area contributed by atoms with Gasteiger partial charge >= 0.3 is 18.1 Å². The molecule has 4 heterocycles. The Morgan fingerprint density at radius 2 is 1.87 bits per heavy atom. The molecule has 0 aromatic heterocycles. The number of aromatic hydroxyl groups is 1. The first-order valence-corrected chi connectivity index (χ1v) is 14.9. The fourth-order valence-electron chi connectivity index (χ4n) is 7.37. The predicted molar refractivity (Wildman–Crippen MR) is 155 cm³/mol. The average Bonchev–Trinajstić information content (AvgIpc) is 3.47. The smallest absolute Gasteiger partial charge is 0.471 e. The molecule has 0 saturated carbocycles. The number of fused-ring (bicyclic) bond motifs is 9. The summed E-state index contributed by atoms with van der Waals surface area (Å²) in [6.45, 7) is 6.43. The van der Waals surface area contributed by atoms with E-state index in [4.69, 9.17) is 18.9 Å². The molecule has 1 fully saturated rings. The van der Waals surface area contributed by atoms with E-state index in [1.807, 2.05) is 13.0 Å². The molecule has 2 bridgehead atoms. The van der Waals surface area contributed by atoms with Gasteiger partial charge in [-0.3, -0.25) is 19.3 Å². The van der Waals surface area contributed by atoms with Crippen LogP contribution in [0.5, 0.6) is 28.7 Å². The van der Waals surface area contributed by atoms with E-state index in [0.29, 0.717) is 64.6 Å². The molecule has 2 aromatic rings. The van der Waals surface area contributed by atoms with Gasteiger partial charge in [0.15, 0.2) is 23.0 Å². The Morgan fingerprint density at radius 3 is 2.54 bits per heavy atom. The number of esters is 1. The summed E-state index contributed by atoms with van der Waals surface area (Å²) in [6.07, 6.45) is -4.18. The van der Waals surface area contributed by atoms with Crippen molar-refractivity contribution in [3.8, 4) is 28.7 Å². The van der Waals surface area contributed by atoms with Gasteiger partial charge in [0.25, 0.3) is 0 Å². The van der Waals surface area contributed by atoms with Crippen molar-refractivity contribution < 1.29 is 51.6 Å². The lowest BCUT2D eigenvalue weighted by Gasteiger charge is -2.54. The Bertz CT molecular complexity index is 1630. The zero-order valence-corrected chi connectivity index (χ0v) is 25.9. The van der Waals surface area contributed by atoms with Gasteiger partial charge in [0.05, 0.1) is 19.2 Å². The summed E-state index contributed by atoms with van der Waals surface area (Å²) in [5.74, 6) is -2.06. The number of carbonyl (C=O) groups excluding carboxylic acids is 3. The van der Waals surface area contributed by atoms with E-state index in [1.54, 1.807) is 12.2 Å². The summed E-state index contributed by atoms with van der Waals surface area (Å²) in [5, 5.41) is 19.5. The summed E-state index contributed by atoms with van der Waals surface area (Å²) in [5.41, 5.74) is 4.32. The highest BCUT2D eigenvalue weighted by molar-refractivity contribution is 5.89. The normalized spacial score (nSPS) is 23.4. The van der Waals surface area contributed by atoms with Crippen molar-refractivity contribution in [2.75, 3.05) is 27.0 Å². The second-order valence-corrected chi connectivity index (χ2v) is 12.1. The van der Waals surface area contributed by atoms with Crippen LogP contribution in [0.15, 0.2) is 6.07 Å². The van der Waals surface area contributed by atoms with Crippen molar-refractivity contribution in [3.05, 3.63) is 39.4 Å². The van der Waals surface area contributed by atoms with E-state index in [2.05, 4.69) is 15.5 Å². The third-order valence-corrected chi connectivity index (χ3v) is 9.20. The number of ether oxygens (including phenoxy) is 4. The third-order valence-electron chi connectivity index (χ3n) is 9.20. The zero-order valence-electron chi connectivity index (χ0n) is 25.9. The van der Waals surface area contributed by atoms with E-state index in [0.717, 1.165) is 18.1 Å². The summed E-state index contributed by atoms with van der Waals surface area (Å²) < 4.78 is 61.6. The molecule has 46 heavy (non-hydrogen) atoms. The van der Waals surface area contributed by atoms with E-state index in [1.165, 1.54) is 14.0 Å². The Morgan fingerprint density at radius 1 is 1.15 bits per heavy atom. The molecule has 2 aromatic carbocycles. The maximum atomic E-state index is 13.0. The molecule has 0 spiro atoms. The number of hydrogen-bond acceptors (Lipinski definition) is 10. The van der Waals surface area contributed by atoms with Crippen molar-refractivity contribution in [2.45, 2.75) is 76.9 Å². The molecule has 4 N–H and O–H groups in total. The van der Waals surface area contributed by atoms with Crippen LogP contribution in [0.1, 0.15) is 59.3 Å². The Kier molecular flexibility index (Phi) is 7.95. The first-order valence-electron chi connectivity index (χ1n) is 14.9. The van der Waals surface area contributed by atoms with Crippen LogP contribution in [-0.2, 0) is 27.2 Å².